The number of nitrogens with zero attached hydrogens (tertiary/aromatic N) is 1. The molecule has 0 spiro atoms. The van der Waals surface area contributed by atoms with Crippen molar-refractivity contribution in [2.45, 2.75) is 13.0 Å². The fourth-order valence-electron chi connectivity index (χ4n) is 2.23. The molecule has 0 saturated heterocycles. The molecule has 3 aromatic rings. The lowest BCUT2D eigenvalue weighted by atomic mass is 10.1. The van der Waals surface area contributed by atoms with E-state index in [0.717, 1.165) is 11.3 Å². The monoisotopic (exact) mass is 358 g/mol. The first-order chi connectivity index (χ1) is 10.6. The number of furan rings is 1. The highest BCUT2D eigenvalue weighted by Crippen LogP contribution is 2.18. The predicted octanol–water partition coefficient (Wildman–Crippen LogP) is 4.32. The summed E-state index contributed by atoms with van der Waals surface area (Å²) < 4.78 is 7.83. The second kappa shape index (κ2) is 6.23. The lowest BCUT2D eigenvalue weighted by Gasteiger charge is -2.14. The van der Waals surface area contributed by atoms with Gasteiger partial charge in [-0.15, -0.1) is 0 Å². The van der Waals surface area contributed by atoms with Crippen molar-refractivity contribution in [3.8, 4) is 5.69 Å². The number of benzene rings is 1. The van der Waals surface area contributed by atoms with Crippen molar-refractivity contribution in [3.05, 3.63) is 76.9 Å². The molecule has 22 heavy (non-hydrogen) atoms. The molecule has 5 heteroatoms. The highest BCUT2D eigenvalue weighted by molar-refractivity contribution is 9.10. The summed E-state index contributed by atoms with van der Waals surface area (Å²) in [5.41, 5.74) is 2.12. The Morgan fingerprint density at radius 3 is 2.41 bits per heavy atom. The third-order valence-corrected chi connectivity index (χ3v) is 3.87. The molecule has 0 unspecified atom stereocenters. The van der Waals surface area contributed by atoms with Crippen LogP contribution in [0, 0.1) is 0 Å². The summed E-state index contributed by atoms with van der Waals surface area (Å²) in [6.45, 7) is 1.94. The van der Waals surface area contributed by atoms with Crippen LogP contribution >= 0.6 is 15.9 Å². The van der Waals surface area contributed by atoms with Crippen LogP contribution in [-0.2, 0) is 0 Å². The Balaban J connectivity index is 1.69. The molecule has 0 aliphatic rings. The molecular weight excluding hydrogens is 344 g/mol. The van der Waals surface area contributed by atoms with Gasteiger partial charge in [0, 0.05) is 18.1 Å². The van der Waals surface area contributed by atoms with Crippen LogP contribution in [0.3, 0.4) is 0 Å². The zero-order valence-electron chi connectivity index (χ0n) is 12.0. The minimum Gasteiger partial charge on any atom is -0.444 e. The first kappa shape index (κ1) is 14.7. The molecule has 2 aromatic heterocycles. The number of carbonyl (C=O) groups is 1. The van der Waals surface area contributed by atoms with Gasteiger partial charge in [0.05, 0.1) is 6.04 Å². The summed E-state index contributed by atoms with van der Waals surface area (Å²) in [6.07, 6.45) is 3.99. The highest BCUT2D eigenvalue weighted by atomic mass is 79.9. The van der Waals surface area contributed by atoms with Gasteiger partial charge >= 0.3 is 0 Å². The number of carbonyl (C=O) groups excluding carboxylic acids is 1. The molecule has 0 fully saturated rings. The molecule has 0 bridgehead atoms. The molecule has 1 amide bonds. The molecule has 0 saturated carbocycles. The normalized spacial score (nSPS) is 12.1. The van der Waals surface area contributed by atoms with Crippen LogP contribution < -0.4 is 5.32 Å². The molecular formula is C17H15BrN2O2. The van der Waals surface area contributed by atoms with E-state index in [-0.39, 0.29) is 11.9 Å². The van der Waals surface area contributed by atoms with Gasteiger partial charge in [-0.05, 0) is 64.8 Å². The molecule has 2 heterocycles. The molecule has 1 aromatic carbocycles. The van der Waals surface area contributed by atoms with Gasteiger partial charge in [0.1, 0.15) is 0 Å². The van der Waals surface area contributed by atoms with Crippen LogP contribution in [0.25, 0.3) is 5.69 Å². The average Bonchev–Trinajstić information content (AvgIpc) is 3.18. The van der Waals surface area contributed by atoms with Crippen molar-refractivity contribution in [3.63, 3.8) is 0 Å². The van der Waals surface area contributed by atoms with Gasteiger partial charge in [0.2, 0.25) is 0 Å². The molecule has 1 N–H and O–H groups in total. The minimum absolute atomic E-state index is 0.102. The molecule has 3 rings (SSSR count). The third kappa shape index (κ3) is 3.14. The van der Waals surface area contributed by atoms with E-state index in [9.17, 15) is 4.79 Å². The largest absolute Gasteiger partial charge is 0.444 e. The van der Waals surface area contributed by atoms with Crippen molar-refractivity contribution in [1.82, 2.24) is 9.88 Å². The number of halogens is 1. The Hall–Kier alpha value is -2.27. The zero-order valence-corrected chi connectivity index (χ0v) is 13.6. The Morgan fingerprint density at radius 2 is 1.82 bits per heavy atom. The Morgan fingerprint density at radius 1 is 1.14 bits per heavy atom. The first-order valence-corrected chi connectivity index (χ1v) is 7.72. The van der Waals surface area contributed by atoms with Crippen LogP contribution in [0.4, 0.5) is 0 Å². The first-order valence-electron chi connectivity index (χ1n) is 6.93. The minimum atomic E-state index is -0.229. The molecule has 1 atom stereocenters. The zero-order chi connectivity index (χ0) is 15.5. The fraction of sp³-hybridized carbons (Fsp3) is 0.118. The summed E-state index contributed by atoms with van der Waals surface area (Å²) in [4.78, 5) is 12.1. The van der Waals surface area contributed by atoms with Gasteiger partial charge in [-0.2, -0.15) is 0 Å². The second-order valence-electron chi connectivity index (χ2n) is 4.98. The standard InChI is InChI=1S/C17H15BrN2O2/c1-12(19-17(21)15-8-9-16(18)22-15)13-4-6-14(7-5-13)20-10-2-3-11-20/h2-12H,1H3,(H,19,21)/t12-/m0/s1. The number of amides is 1. The van der Waals surface area contributed by atoms with Gasteiger partial charge in [-0.1, -0.05) is 12.1 Å². The van der Waals surface area contributed by atoms with Crippen molar-refractivity contribution in [2.24, 2.45) is 0 Å². The van der Waals surface area contributed by atoms with E-state index < -0.39 is 0 Å². The average molecular weight is 359 g/mol. The predicted molar refractivity (Wildman–Crippen MR) is 88.1 cm³/mol. The van der Waals surface area contributed by atoms with Gasteiger partial charge in [0.15, 0.2) is 10.4 Å². The van der Waals surface area contributed by atoms with Crippen LogP contribution in [-0.4, -0.2) is 10.5 Å². The summed E-state index contributed by atoms with van der Waals surface area (Å²) in [5.74, 6) is 0.0652. The summed E-state index contributed by atoms with van der Waals surface area (Å²) in [5, 5.41) is 2.92. The summed E-state index contributed by atoms with van der Waals surface area (Å²) in [7, 11) is 0. The van der Waals surface area contributed by atoms with Crippen LogP contribution in [0.1, 0.15) is 29.1 Å². The van der Waals surface area contributed by atoms with Crippen LogP contribution in [0.2, 0.25) is 0 Å². The topological polar surface area (TPSA) is 47.2 Å². The lowest BCUT2D eigenvalue weighted by molar-refractivity contribution is 0.0910. The van der Waals surface area contributed by atoms with Gasteiger partial charge in [0.25, 0.3) is 5.91 Å². The van der Waals surface area contributed by atoms with Crippen LogP contribution in [0.15, 0.2) is 70.0 Å². The van der Waals surface area contributed by atoms with Gasteiger partial charge < -0.3 is 14.3 Å². The lowest BCUT2D eigenvalue weighted by Crippen LogP contribution is -2.26. The number of hydrogen-bond donors (Lipinski definition) is 1. The number of aromatic nitrogens is 1. The molecule has 0 aliphatic carbocycles. The maximum absolute atomic E-state index is 12.1. The highest BCUT2D eigenvalue weighted by Gasteiger charge is 2.14. The fourth-order valence-corrected chi connectivity index (χ4v) is 2.54. The Bertz CT molecular complexity index is 760. The molecule has 112 valence electrons. The quantitative estimate of drug-likeness (QED) is 0.754. The van der Waals surface area contributed by atoms with Crippen molar-refractivity contribution >= 4 is 21.8 Å². The maximum atomic E-state index is 12.1. The van der Waals surface area contributed by atoms with E-state index in [1.807, 2.05) is 60.3 Å². The Labute approximate surface area is 136 Å². The molecule has 0 radical (unpaired) electrons. The van der Waals surface area contributed by atoms with Crippen LogP contribution in [0.5, 0.6) is 0 Å². The van der Waals surface area contributed by atoms with E-state index in [0.29, 0.717) is 10.4 Å². The second-order valence-corrected chi connectivity index (χ2v) is 5.76. The SMILES string of the molecule is C[C@H](NC(=O)c1ccc(Br)o1)c1ccc(-n2cccc2)cc1. The van der Waals surface area contributed by atoms with Crippen molar-refractivity contribution < 1.29 is 9.21 Å². The van der Waals surface area contributed by atoms with E-state index in [1.165, 1.54) is 0 Å². The van der Waals surface area contributed by atoms with E-state index in [4.69, 9.17) is 4.42 Å². The van der Waals surface area contributed by atoms with Crippen molar-refractivity contribution in [2.75, 3.05) is 0 Å². The third-order valence-electron chi connectivity index (χ3n) is 3.44. The van der Waals surface area contributed by atoms with E-state index in [1.54, 1.807) is 12.1 Å². The van der Waals surface area contributed by atoms with Crippen molar-refractivity contribution in [1.29, 1.82) is 0 Å². The summed E-state index contributed by atoms with van der Waals surface area (Å²) >= 11 is 3.19. The van der Waals surface area contributed by atoms with Gasteiger partial charge in [-0.25, -0.2) is 0 Å². The number of rotatable bonds is 4. The molecule has 4 nitrogen and oxygen atoms in total. The van der Waals surface area contributed by atoms with E-state index in [2.05, 4.69) is 21.2 Å². The van der Waals surface area contributed by atoms with E-state index >= 15 is 0 Å². The van der Waals surface area contributed by atoms with Gasteiger partial charge in [-0.3, -0.25) is 4.79 Å². The number of nitrogens with one attached hydrogen (secondary N) is 1. The molecule has 0 aliphatic heterocycles. The Kier molecular flexibility index (Phi) is 4.15. The summed E-state index contributed by atoms with van der Waals surface area (Å²) in [6, 6.07) is 15.3. The smallest absolute Gasteiger partial charge is 0.287 e. The number of hydrogen-bond acceptors (Lipinski definition) is 2. The maximum Gasteiger partial charge on any atom is 0.287 e.